The number of hydrogen-bond acceptors (Lipinski definition) is 4. The van der Waals surface area contributed by atoms with Gasteiger partial charge < -0.3 is 9.47 Å². The van der Waals surface area contributed by atoms with Crippen LogP contribution in [0.5, 0.6) is 11.5 Å². The van der Waals surface area contributed by atoms with Crippen molar-refractivity contribution in [2.24, 2.45) is 5.10 Å². The first-order valence-corrected chi connectivity index (χ1v) is 8.21. The largest absolute Gasteiger partial charge is 0.497 e. The summed E-state index contributed by atoms with van der Waals surface area (Å²) in [7, 11) is 1.60. The molecule has 120 valence electrons. The van der Waals surface area contributed by atoms with Gasteiger partial charge in [0, 0.05) is 4.47 Å². The Balaban J connectivity index is 1.81. The van der Waals surface area contributed by atoms with Crippen LogP contribution in [-0.2, 0) is 4.79 Å². The number of nitrogens with one attached hydrogen (secondary N) is 1. The smallest absolute Gasteiger partial charge is 0.277 e. The first-order valence-electron chi connectivity index (χ1n) is 6.62. The number of halogens is 2. The van der Waals surface area contributed by atoms with Gasteiger partial charge in [0.15, 0.2) is 6.61 Å². The van der Waals surface area contributed by atoms with Crippen molar-refractivity contribution in [3.63, 3.8) is 0 Å². The summed E-state index contributed by atoms with van der Waals surface area (Å²) in [6, 6.07) is 12.7. The van der Waals surface area contributed by atoms with Crippen LogP contribution in [0.25, 0.3) is 0 Å². The van der Waals surface area contributed by atoms with Crippen molar-refractivity contribution in [1.82, 2.24) is 5.43 Å². The summed E-state index contributed by atoms with van der Waals surface area (Å²) in [5.41, 5.74) is 3.26. The van der Waals surface area contributed by atoms with Crippen LogP contribution >= 0.6 is 31.9 Å². The number of nitrogens with zero attached hydrogens (tertiary/aromatic N) is 1. The van der Waals surface area contributed by atoms with Gasteiger partial charge in [-0.1, -0.05) is 15.9 Å². The van der Waals surface area contributed by atoms with Crippen LogP contribution in [0.4, 0.5) is 0 Å². The minimum absolute atomic E-state index is 0.125. The number of benzene rings is 2. The molecule has 2 aromatic carbocycles. The zero-order valence-corrected chi connectivity index (χ0v) is 15.4. The van der Waals surface area contributed by atoms with Crippen molar-refractivity contribution >= 4 is 44.0 Å². The van der Waals surface area contributed by atoms with Crippen LogP contribution in [0, 0.1) is 0 Å². The van der Waals surface area contributed by atoms with Crippen molar-refractivity contribution in [1.29, 1.82) is 0 Å². The fourth-order valence-electron chi connectivity index (χ4n) is 1.64. The summed E-state index contributed by atoms with van der Waals surface area (Å²) in [5, 5.41) is 3.88. The topological polar surface area (TPSA) is 59.9 Å². The highest BCUT2D eigenvalue weighted by molar-refractivity contribution is 9.11. The van der Waals surface area contributed by atoms with Gasteiger partial charge in [-0.25, -0.2) is 5.43 Å². The van der Waals surface area contributed by atoms with E-state index in [1.807, 2.05) is 36.4 Å². The predicted molar refractivity (Wildman–Crippen MR) is 96.1 cm³/mol. The van der Waals surface area contributed by atoms with E-state index >= 15 is 0 Å². The van der Waals surface area contributed by atoms with Crippen LogP contribution in [0.2, 0.25) is 0 Å². The molecule has 0 aliphatic heterocycles. The Morgan fingerprint density at radius 2 is 1.96 bits per heavy atom. The molecule has 0 bridgehead atoms. The number of rotatable bonds is 6. The van der Waals surface area contributed by atoms with Gasteiger partial charge in [0.2, 0.25) is 0 Å². The molecule has 1 amide bonds. The van der Waals surface area contributed by atoms with E-state index < -0.39 is 0 Å². The third-order valence-corrected chi connectivity index (χ3v) is 3.88. The lowest BCUT2D eigenvalue weighted by Crippen LogP contribution is -2.24. The number of carbonyl (C=O) groups excluding carboxylic acids is 1. The van der Waals surface area contributed by atoms with E-state index in [9.17, 15) is 4.79 Å². The van der Waals surface area contributed by atoms with Gasteiger partial charge in [0.25, 0.3) is 5.91 Å². The maximum Gasteiger partial charge on any atom is 0.277 e. The fourth-order valence-corrected chi connectivity index (χ4v) is 2.80. The van der Waals surface area contributed by atoms with Crippen LogP contribution in [0.3, 0.4) is 0 Å². The molecule has 0 aliphatic rings. The normalized spacial score (nSPS) is 10.6. The summed E-state index contributed by atoms with van der Waals surface area (Å²) in [4.78, 5) is 11.7. The SMILES string of the molecule is COc1ccc(C=NNC(=O)COc2ccc(Br)cc2Br)cc1. The van der Waals surface area contributed by atoms with Crippen molar-refractivity contribution in [2.45, 2.75) is 0 Å². The Bertz CT molecular complexity index is 703. The molecular weight excluding hydrogens is 428 g/mol. The van der Waals surface area contributed by atoms with Crippen molar-refractivity contribution < 1.29 is 14.3 Å². The first kappa shape index (κ1) is 17.5. The molecule has 0 unspecified atom stereocenters. The molecule has 0 spiro atoms. The van der Waals surface area contributed by atoms with E-state index in [4.69, 9.17) is 9.47 Å². The van der Waals surface area contributed by atoms with E-state index in [1.54, 1.807) is 19.4 Å². The highest BCUT2D eigenvalue weighted by Gasteiger charge is 2.05. The number of carbonyl (C=O) groups is 1. The fraction of sp³-hybridized carbons (Fsp3) is 0.125. The Morgan fingerprint density at radius 1 is 1.22 bits per heavy atom. The maximum absolute atomic E-state index is 11.7. The molecule has 0 atom stereocenters. The summed E-state index contributed by atoms with van der Waals surface area (Å²) in [6.45, 7) is -0.125. The molecule has 2 aromatic rings. The lowest BCUT2D eigenvalue weighted by molar-refractivity contribution is -0.123. The van der Waals surface area contributed by atoms with Crippen LogP contribution in [0.1, 0.15) is 5.56 Å². The zero-order valence-electron chi connectivity index (χ0n) is 12.3. The molecular formula is C16H14Br2N2O3. The third kappa shape index (κ3) is 5.69. The molecule has 7 heteroatoms. The third-order valence-electron chi connectivity index (χ3n) is 2.77. The Labute approximate surface area is 150 Å². The van der Waals surface area contributed by atoms with Gasteiger partial charge in [-0.3, -0.25) is 4.79 Å². The van der Waals surface area contributed by atoms with Gasteiger partial charge in [-0.2, -0.15) is 5.10 Å². The van der Waals surface area contributed by atoms with Crippen molar-refractivity contribution in [2.75, 3.05) is 13.7 Å². The molecule has 5 nitrogen and oxygen atoms in total. The van der Waals surface area contributed by atoms with Crippen LogP contribution in [0.15, 0.2) is 56.5 Å². The van der Waals surface area contributed by atoms with Crippen LogP contribution < -0.4 is 14.9 Å². The Hall–Kier alpha value is -1.86. The first-order chi connectivity index (χ1) is 11.1. The number of hydrazone groups is 1. The Morgan fingerprint density at radius 3 is 2.61 bits per heavy atom. The van der Waals surface area contributed by atoms with E-state index in [0.29, 0.717) is 5.75 Å². The zero-order chi connectivity index (χ0) is 16.7. The second-order valence-corrected chi connectivity index (χ2v) is 6.20. The van der Waals surface area contributed by atoms with Crippen molar-refractivity contribution in [3.05, 3.63) is 57.0 Å². The summed E-state index contributed by atoms with van der Waals surface area (Å²) >= 11 is 6.72. The van der Waals surface area contributed by atoms with Gasteiger partial charge in [-0.05, 0) is 64.0 Å². The lowest BCUT2D eigenvalue weighted by Gasteiger charge is -2.07. The molecule has 23 heavy (non-hydrogen) atoms. The number of methoxy groups -OCH3 is 1. The van der Waals surface area contributed by atoms with Crippen molar-refractivity contribution in [3.8, 4) is 11.5 Å². The number of hydrogen-bond donors (Lipinski definition) is 1. The highest BCUT2D eigenvalue weighted by atomic mass is 79.9. The standard InChI is InChI=1S/C16H14Br2N2O3/c1-22-13-5-2-11(3-6-13)9-19-20-16(21)10-23-15-7-4-12(17)8-14(15)18/h2-9H,10H2,1H3,(H,20,21). The molecule has 0 radical (unpaired) electrons. The Kier molecular flexibility index (Phi) is 6.61. The van der Waals surface area contributed by atoms with Gasteiger partial charge in [-0.15, -0.1) is 0 Å². The minimum Gasteiger partial charge on any atom is -0.497 e. The van der Waals surface area contributed by atoms with Gasteiger partial charge >= 0.3 is 0 Å². The lowest BCUT2D eigenvalue weighted by atomic mass is 10.2. The number of ether oxygens (including phenoxy) is 2. The van der Waals surface area contributed by atoms with E-state index in [1.165, 1.54) is 0 Å². The summed E-state index contributed by atoms with van der Waals surface area (Å²) in [5.74, 6) is 1.01. The highest BCUT2D eigenvalue weighted by Crippen LogP contribution is 2.28. The molecule has 0 saturated carbocycles. The quantitative estimate of drug-likeness (QED) is 0.548. The molecule has 0 aromatic heterocycles. The van der Waals surface area contributed by atoms with Gasteiger partial charge in [0.05, 0.1) is 17.8 Å². The molecule has 0 saturated heterocycles. The molecule has 2 rings (SSSR count). The molecule has 0 fully saturated rings. The van der Waals surface area contributed by atoms with E-state index in [-0.39, 0.29) is 12.5 Å². The van der Waals surface area contributed by atoms with Gasteiger partial charge in [0.1, 0.15) is 11.5 Å². The van der Waals surface area contributed by atoms with Crippen LogP contribution in [-0.4, -0.2) is 25.8 Å². The number of amides is 1. The van der Waals surface area contributed by atoms with E-state index in [2.05, 4.69) is 42.4 Å². The molecule has 1 N–H and O–H groups in total. The van der Waals surface area contributed by atoms with E-state index in [0.717, 1.165) is 20.3 Å². The minimum atomic E-state index is -0.343. The molecule has 0 heterocycles. The average molecular weight is 442 g/mol. The predicted octanol–water partition coefficient (Wildman–Crippen LogP) is 3.75. The maximum atomic E-state index is 11.7. The molecule has 0 aliphatic carbocycles. The summed E-state index contributed by atoms with van der Waals surface area (Å²) < 4.78 is 12.2. The second kappa shape index (κ2) is 8.69. The average Bonchev–Trinajstić information content (AvgIpc) is 2.54. The monoisotopic (exact) mass is 440 g/mol. The summed E-state index contributed by atoms with van der Waals surface area (Å²) in [6.07, 6.45) is 1.55. The second-order valence-electron chi connectivity index (χ2n) is 4.43.